The van der Waals surface area contributed by atoms with Gasteiger partial charge >= 0.3 is 0 Å². The van der Waals surface area contributed by atoms with Crippen molar-refractivity contribution in [2.75, 3.05) is 12.8 Å². The molecule has 0 radical (unpaired) electrons. The number of nitrogen functional groups attached to an aromatic ring is 1. The number of aryl methyl sites for hydroxylation is 1. The third-order valence-electron chi connectivity index (χ3n) is 3.84. The van der Waals surface area contributed by atoms with Gasteiger partial charge in [-0.05, 0) is 31.4 Å². The van der Waals surface area contributed by atoms with Crippen LogP contribution in [0.15, 0.2) is 18.2 Å². The predicted octanol–water partition coefficient (Wildman–Crippen LogP) is 4.08. The molecule has 0 aliphatic heterocycles. The molecule has 2 N–H and O–H groups in total. The maximum absolute atomic E-state index is 6.39. The van der Waals surface area contributed by atoms with E-state index in [1.165, 1.54) is 12.8 Å². The van der Waals surface area contributed by atoms with Crippen molar-refractivity contribution in [2.24, 2.45) is 0 Å². The number of hydrogen-bond acceptors (Lipinski definition) is 3. The van der Waals surface area contributed by atoms with Crippen LogP contribution in [0.4, 0.5) is 5.82 Å². The Kier molecular flexibility index (Phi) is 3.81. The fourth-order valence-electron chi connectivity index (χ4n) is 2.72. The summed E-state index contributed by atoms with van der Waals surface area (Å²) in [5, 5.41) is 0.615. The van der Waals surface area contributed by atoms with Crippen molar-refractivity contribution in [3.63, 3.8) is 0 Å². The van der Waals surface area contributed by atoms with Crippen molar-refractivity contribution in [2.45, 2.75) is 38.6 Å². The Morgan fingerprint density at radius 2 is 2.19 bits per heavy atom. The minimum Gasteiger partial charge on any atom is -0.496 e. The molecule has 0 amide bonds. The minimum atomic E-state index is 0.501. The summed E-state index contributed by atoms with van der Waals surface area (Å²) in [6, 6.07) is 6.09. The summed E-state index contributed by atoms with van der Waals surface area (Å²) in [7, 11) is 1.64. The Morgan fingerprint density at radius 1 is 1.43 bits per heavy atom. The van der Waals surface area contributed by atoms with Crippen molar-refractivity contribution in [3.8, 4) is 17.0 Å². The number of benzene rings is 1. The van der Waals surface area contributed by atoms with Gasteiger partial charge in [-0.2, -0.15) is 0 Å². The summed E-state index contributed by atoms with van der Waals surface area (Å²) in [5.41, 5.74) is 7.92. The largest absolute Gasteiger partial charge is 0.496 e. The zero-order valence-electron chi connectivity index (χ0n) is 12.4. The number of aromatic nitrogens is 2. The lowest BCUT2D eigenvalue weighted by molar-refractivity contribution is 0.416. The lowest BCUT2D eigenvalue weighted by Gasteiger charge is -2.10. The van der Waals surface area contributed by atoms with Gasteiger partial charge in [0.1, 0.15) is 23.1 Å². The van der Waals surface area contributed by atoms with Gasteiger partial charge in [0.05, 0.1) is 17.7 Å². The minimum absolute atomic E-state index is 0.501. The van der Waals surface area contributed by atoms with Crippen LogP contribution in [0.25, 0.3) is 11.3 Å². The maximum Gasteiger partial charge on any atom is 0.132 e. The molecule has 4 nitrogen and oxygen atoms in total. The number of methoxy groups -OCH3 is 1. The number of nitrogens with two attached hydrogens (primary N) is 1. The van der Waals surface area contributed by atoms with E-state index in [0.717, 1.165) is 29.9 Å². The Bertz CT molecular complexity index is 662. The smallest absolute Gasteiger partial charge is 0.132 e. The van der Waals surface area contributed by atoms with Crippen LogP contribution >= 0.6 is 11.6 Å². The molecule has 21 heavy (non-hydrogen) atoms. The topological polar surface area (TPSA) is 53.1 Å². The van der Waals surface area contributed by atoms with Gasteiger partial charge in [0, 0.05) is 12.5 Å². The van der Waals surface area contributed by atoms with Gasteiger partial charge in [-0.25, -0.2) is 4.98 Å². The predicted molar refractivity (Wildman–Crippen MR) is 85.9 cm³/mol. The highest BCUT2D eigenvalue weighted by Gasteiger charge is 2.30. The lowest BCUT2D eigenvalue weighted by atomic mass is 10.1. The van der Waals surface area contributed by atoms with Crippen LogP contribution in [0.3, 0.4) is 0 Å². The zero-order chi connectivity index (χ0) is 15.0. The van der Waals surface area contributed by atoms with Crippen LogP contribution in [0.2, 0.25) is 5.02 Å². The van der Waals surface area contributed by atoms with Gasteiger partial charge < -0.3 is 15.0 Å². The molecule has 3 rings (SSSR count). The number of rotatable bonds is 5. The average Bonchev–Trinajstić information content (AvgIpc) is 3.25. The first-order valence-electron chi connectivity index (χ1n) is 7.36. The highest BCUT2D eigenvalue weighted by Crippen LogP contribution is 2.44. The number of ether oxygens (including phenoxy) is 1. The molecule has 0 bridgehead atoms. The molecule has 2 aromatic rings. The molecule has 1 aromatic heterocycles. The van der Waals surface area contributed by atoms with Gasteiger partial charge in [-0.3, -0.25) is 0 Å². The van der Waals surface area contributed by atoms with Crippen LogP contribution in [0.5, 0.6) is 5.75 Å². The van der Waals surface area contributed by atoms with Crippen LogP contribution in [-0.2, 0) is 6.42 Å². The second-order valence-electron chi connectivity index (χ2n) is 5.43. The van der Waals surface area contributed by atoms with E-state index in [0.29, 0.717) is 22.6 Å². The molecule has 112 valence electrons. The summed E-state index contributed by atoms with van der Waals surface area (Å²) in [5.74, 6) is 2.46. The van der Waals surface area contributed by atoms with Gasteiger partial charge in [-0.15, -0.1) is 0 Å². The van der Waals surface area contributed by atoms with E-state index in [4.69, 9.17) is 27.1 Å². The van der Waals surface area contributed by atoms with Crippen LogP contribution < -0.4 is 10.5 Å². The van der Waals surface area contributed by atoms with Crippen molar-refractivity contribution in [1.29, 1.82) is 0 Å². The highest BCUT2D eigenvalue weighted by molar-refractivity contribution is 6.33. The molecule has 0 unspecified atom stereocenters. The zero-order valence-corrected chi connectivity index (χ0v) is 13.2. The standard InChI is InChI=1S/C16H20ClN3O/c1-3-5-13-19-15(16(18)20(13)10-8-9-10)14-11(17)6-4-7-12(14)21-2/h4,6-7,10H,3,5,8-9,18H2,1-2H3. The normalized spacial score (nSPS) is 14.4. The molecule has 1 heterocycles. The number of anilines is 1. The van der Waals surface area contributed by atoms with E-state index in [9.17, 15) is 0 Å². The molecule has 1 aliphatic rings. The fourth-order valence-corrected chi connectivity index (χ4v) is 2.98. The summed E-state index contributed by atoms with van der Waals surface area (Å²) in [6.07, 6.45) is 4.32. The van der Waals surface area contributed by atoms with Gasteiger partial charge in [0.15, 0.2) is 0 Å². The quantitative estimate of drug-likeness (QED) is 0.905. The first-order valence-corrected chi connectivity index (χ1v) is 7.74. The third-order valence-corrected chi connectivity index (χ3v) is 4.15. The average molecular weight is 306 g/mol. The first-order chi connectivity index (χ1) is 10.2. The Balaban J connectivity index is 2.17. The van der Waals surface area contributed by atoms with Gasteiger partial charge in [0.2, 0.25) is 0 Å². The van der Waals surface area contributed by atoms with Crippen molar-refractivity contribution in [3.05, 3.63) is 29.0 Å². The van der Waals surface area contributed by atoms with E-state index in [1.807, 2.05) is 18.2 Å². The van der Waals surface area contributed by atoms with E-state index in [2.05, 4.69) is 11.5 Å². The van der Waals surface area contributed by atoms with Crippen molar-refractivity contribution >= 4 is 17.4 Å². The molecule has 0 atom stereocenters. The number of imidazole rings is 1. The van der Waals surface area contributed by atoms with Crippen molar-refractivity contribution < 1.29 is 4.74 Å². The van der Waals surface area contributed by atoms with Crippen LogP contribution in [0.1, 0.15) is 38.1 Å². The fraction of sp³-hybridized carbons (Fsp3) is 0.438. The Morgan fingerprint density at radius 3 is 2.81 bits per heavy atom. The van der Waals surface area contributed by atoms with Crippen LogP contribution in [0, 0.1) is 0 Å². The summed E-state index contributed by atoms with van der Waals surface area (Å²) in [6.45, 7) is 2.15. The number of hydrogen-bond donors (Lipinski definition) is 1. The van der Waals surface area contributed by atoms with E-state index >= 15 is 0 Å². The van der Waals surface area contributed by atoms with Crippen molar-refractivity contribution in [1.82, 2.24) is 9.55 Å². The number of halogens is 1. The van der Waals surface area contributed by atoms with Crippen LogP contribution in [-0.4, -0.2) is 16.7 Å². The summed E-state index contributed by atoms with van der Waals surface area (Å²) in [4.78, 5) is 4.77. The molecule has 1 aromatic carbocycles. The molecular weight excluding hydrogens is 286 g/mol. The molecule has 5 heteroatoms. The molecule has 0 spiro atoms. The highest BCUT2D eigenvalue weighted by atomic mass is 35.5. The number of nitrogens with zero attached hydrogens (tertiary/aromatic N) is 2. The Labute approximate surface area is 129 Å². The summed E-state index contributed by atoms with van der Waals surface area (Å²) < 4.78 is 7.61. The molecule has 1 fully saturated rings. The molecule has 0 saturated heterocycles. The molecular formula is C16H20ClN3O. The van der Waals surface area contributed by atoms with Gasteiger partial charge in [0.25, 0.3) is 0 Å². The first kappa shape index (κ1) is 14.3. The summed E-state index contributed by atoms with van der Waals surface area (Å²) >= 11 is 6.36. The lowest BCUT2D eigenvalue weighted by Crippen LogP contribution is -2.05. The molecule has 1 saturated carbocycles. The SMILES string of the molecule is CCCc1nc(-c2c(Cl)cccc2OC)c(N)n1C1CC1. The second kappa shape index (κ2) is 5.60. The molecule has 1 aliphatic carbocycles. The maximum atomic E-state index is 6.39. The second-order valence-corrected chi connectivity index (χ2v) is 5.84. The van der Waals surface area contributed by atoms with E-state index < -0.39 is 0 Å². The Hall–Kier alpha value is -1.68. The monoisotopic (exact) mass is 305 g/mol. The van der Waals surface area contributed by atoms with E-state index in [-0.39, 0.29) is 0 Å². The third kappa shape index (κ3) is 2.48. The van der Waals surface area contributed by atoms with E-state index in [1.54, 1.807) is 7.11 Å². The van der Waals surface area contributed by atoms with Gasteiger partial charge in [-0.1, -0.05) is 24.6 Å².